The van der Waals surface area contributed by atoms with E-state index in [2.05, 4.69) is 29.4 Å². The van der Waals surface area contributed by atoms with Crippen molar-refractivity contribution in [1.29, 1.82) is 0 Å². The van der Waals surface area contributed by atoms with Crippen LogP contribution in [0, 0.1) is 0 Å². The highest BCUT2D eigenvalue weighted by atomic mass is 35.5. The molecule has 0 saturated carbocycles. The fourth-order valence-electron chi connectivity index (χ4n) is 2.98. The number of aliphatic hydroxyl groups is 2. The number of aliphatic hydroxyl groups excluding tert-OH is 2. The Balaban J connectivity index is 1.73. The van der Waals surface area contributed by atoms with Crippen LogP contribution >= 0.6 is 11.6 Å². The molecule has 1 aromatic heterocycles. The first kappa shape index (κ1) is 25.6. The van der Waals surface area contributed by atoms with Gasteiger partial charge in [-0.15, -0.1) is 0 Å². The molecule has 0 aliphatic carbocycles. The first-order valence-electron chi connectivity index (χ1n) is 10.3. The zero-order valence-corrected chi connectivity index (χ0v) is 19.2. The molecule has 1 aromatic carbocycles. The number of halogens is 1. The number of aryl methyl sites for hydroxylation is 1. The summed E-state index contributed by atoms with van der Waals surface area (Å²) in [7, 11) is 4.20. The number of hydrogen-bond donors (Lipinski definition) is 5. The maximum Gasteiger partial charge on any atom is 0.273 e. The molecule has 7 N–H and O–H groups in total. The van der Waals surface area contributed by atoms with Crippen molar-refractivity contribution in [2.24, 2.45) is 0 Å². The van der Waals surface area contributed by atoms with Gasteiger partial charge in [-0.25, -0.2) is 9.97 Å². The SMILES string of the molecule is C[N+](C)(CCCc1ccc(OCC(O)CO)cc1)CCNC(=O)c1nc(Cl)c(N)nc1N. The first-order valence-corrected chi connectivity index (χ1v) is 10.7. The minimum atomic E-state index is -0.881. The van der Waals surface area contributed by atoms with E-state index in [9.17, 15) is 9.90 Å². The van der Waals surface area contributed by atoms with E-state index in [1.165, 1.54) is 5.56 Å². The number of benzene rings is 1. The number of nitrogen functional groups attached to an aromatic ring is 2. The lowest BCUT2D eigenvalue weighted by Gasteiger charge is -2.30. The van der Waals surface area contributed by atoms with Crippen molar-refractivity contribution < 1.29 is 24.2 Å². The molecule has 1 atom stereocenters. The van der Waals surface area contributed by atoms with Crippen LogP contribution in [0.5, 0.6) is 5.75 Å². The Labute approximate surface area is 192 Å². The van der Waals surface area contributed by atoms with Gasteiger partial charge < -0.3 is 36.2 Å². The van der Waals surface area contributed by atoms with Gasteiger partial charge >= 0.3 is 0 Å². The summed E-state index contributed by atoms with van der Waals surface area (Å²) in [6.45, 7) is 1.82. The molecule has 11 heteroatoms. The van der Waals surface area contributed by atoms with Crippen LogP contribution in [0.3, 0.4) is 0 Å². The van der Waals surface area contributed by atoms with Gasteiger partial charge in [0, 0.05) is 6.42 Å². The molecule has 10 nitrogen and oxygen atoms in total. The summed E-state index contributed by atoms with van der Waals surface area (Å²) in [5, 5.41) is 20.9. The van der Waals surface area contributed by atoms with Crippen LogP contribution in [-0.4, -0.2) is 83.6 Å². The van der Waals surface area contributed by atoms with E-state index in [0.29, 0.717) is 12.3 Å². The van der Waals surface area contributed by atoms with Gasteiger partial charge in [0.15, 0.2) is 22.5 Å². The summed E-state index contributed by atoms with van der Waals surface area (Å²) in [6.07, 6.45) is 0.994. The summed E-state index contributed by atoms with van der Waals surface area (Å²) in [4.78, 5) is 20.0. The lowest BCUT2D eigenvalue weighted by molar-refractivity contribution is -0.889. The molecule has 0 spiro atoms. The van der Waals surface area contributed by atoms with Crippen LogP contribution in [0.25, 0.3) is 0 Å². The molecule has 32 heavy (non-hydrogen) atoms. The Hall–Kier alpha value is -2.66. The lowest BCUT2D eigenvalue weighted by atomic mass is 10.1. The van der Waals surface area contributed by atoms with Gasteiger partial charge in [0.05, 0.1) is 40.3 Å². The second kappa shape index (κ2) is 11.8. The maximum absolute atomic E-state index is 12.3. The molecule has 1 unspecified atom stereocenters. The number of carbonyl (C=O) groups is 1. The Morgan fingerprint density at radius 2 is 1.88 bits per heavy atom. The molecule has 0 aliphatic heterocycles. The van der Waals surface area contributed by atoms with Crippen LogP contribution in [0.15, 0.2) is 24.3 Å². The number of ether oxygens (including phenoxy) is 1. The third-order valence-electron chi connectivity index (χ3n) is 4.93. The van der Waals surface area contributed by atoms with Crippen molar-refractivity contribution in [1.82, 2.24) is 15.3 Å². The van der Waals surface area contributed by atoms with Gasteiger partial charge in [-0.05, 0) is 24.1 Å². The summed E-state index contributed by atoms with van der Waals surface area (Å²) in [5.74, 6) is 0.145. The fraction of sp³-hybridized carbons (Fsp3) is 0.476. The van der Waals surface area contributed by atoms with Crippen molar-refractivity contribution >= 4 is 29.1 Å². The molecule has 1 heterocycles. The molecule has 2 aromatic rings. The van der Waals surface area contributed by atoms with E-state index in [-0.39, 0.29) is 35.7 Å². The third-order valence-corrected chi connectivity index (χ3v) is 5.21. The molecule has 1 amide bonds. The average molecular weight is 468 g/mol. The molecular formula is C21H32ClN6O4+. The van der Waals surface area contributed by atoms with Gasteiger partial charge in [0.25, 0.3) is 5.91 Å². The zero-order chi connectivity index (χ0) is 23.7. The van der Waals surface area contributed by atoms with E-state index in [0.717, 1.165) is 30.4 Å². The van der Waals surface area contributed by atoms with Crippen molar-refractivity contribution in [3.63, 3.8) is 0 Å². The Kier molecular flexibility index (Phi) is 9.45. The number of aromatic nitrogens is 2. The maximum atomic E-state index is 12.3. The summed E-state index contributed by atoms with van der Waals surface area (Å²) < 4.78 is 6.14. The van der Waals surface area contributed by atoms with Gasteiger partial charge in [0.2, 0.25) is 0 Å². The molecular weight excluding hydrogens is 436 g/mol. The number of rotatable bonds is 12. The number of nitrogens with one attached hydrogen (secondary N) is 1. The quantitative estimate of drug-likeness (QED) is 0.282. The second-order valence-electron chi connectivity index (χ2n) is 8.17. The summed E-state index contributed by atoms with van der Waals surface area (Å²) >= 11 is 5.82. The molecule has 0 aliphatic rings. The van der Waals surface area contributed by atoms with Crippen LogP contribution < -0.4 is 21.5 Å². The highest BCUT2D eigenvalue weighted by molar-refractivity contribution is 6.31. The van der Waals surface area contributed by atoms with Crippen molar-refractivity contribution in [3.8, 4) is 5.75 Å². The zero-order valence-electron chi connectivity index (χ0n) is 18.4. The number of anilines is 2. The number of carbonyl (C=O) groups excluding carboxylic acids is 1. The van der Waals surface area contributed by atoms with Crippen LogP contribution in [0.4, 0.5) is 11.6 Å². The van der Waals surface area contributed by atoms with Gasteiger partial charge in [0.1, 0.15) is 18.5 Å². The first-order chi connectivity index (χ1) is 15.1. The number of quaternary nitrogens is 1. The normalized spacial score (nSPS) is 12.4. The standard InChI is InChI=1S/C21H31ClN6O4/c1-28(2,11-9-25-21(31)17-19(23)27-20(24)18(22)26-17)10-3-4-14-5-7-16(8-6-14)32-13-15(30)12-29/h5-8,15,29-30H,3-4,9-13H2,1-2H3,(H4-,23,24,25,27,31)/p+1. The molecule has 2 rings (SSSR count). The van der Waals surface area contributed by atoms with Gasteiger partial charge in [-0.2, -0.15) is 0 Å². The molecule has 0 bridgehead atoms. The van der Waals surface area contributed by atoms with E-state index in [1.807, 2.05) is 24.3 Å². The van der Waals surface area contributed by atoms with Gasteiger partial charge in [-0.3, -0.25) is 4.79 Å². The van der Waals surface area contributed by atoms with Crippen molar-refractivity contribution in [3.05, 3.63) is 40.7 Å². The van der Waals surface area contributed by atoms with E-state index >= 15 is 0 Å². The highest BCUT2D eigenvalue weighted by Gasteiger charge is 2.18. The minimum Gasteiger partial charge on any atom is -0.491 e. The molecule has 0 fully saturated rings. The monoisotopic (exact) mass is 467 g/mol. The van der Waals surface area contributed by atoms with Gasteiger partial charge in [-0.1, -0.05) is 23.7 Å². The number of amides is 1. The minimum absolute atomic E-state index is 0.0128. The summed E-state index contributed by atoms with van der Waals surface area (Å²) in [5.41, 5.74) is 12.4. The predicted molar refractivity (Wildman–Crippen MR) is 123 cm³/mol. The highest BCUT2D eigenvalue weighted by Crippen LogP contribution is 2.17. The Morgan fingerprint density at radius 3 is 2.53 bits per heavy atom. The number of hydrogen-bond acceptors (Lipinski definition) is 8. The topological polar surface area (TPSA) is 157 Å². The predicted octanol–water partition coefficient (Wildman–Crippen LogP) is 0.465. The van der Waals surface area contributed by atoms with Crippen molar-refractivity contribution in [2.45, 2.75) is 18.9 Å². The smallest absolute Gasteiger partial charge is 0.273 e. The number of likely N-dealkylation sites (N-methyl/N-ethyl adjacent to an activating group) is 1. The fourth-order valence-corrected chi connectivity index (χ4v) is 3.11. The number of nitrogens with zero attached hydrogens (tertiary/aromatic N) is 3. The van der Waals surface area contributed by atoms with E-state index < -0.39 is 12.0 Å². The third kappa shape index (κ3) is 8.12. The van der Waals surface area contributed by atoms with Crippen LogP contribution in [-0.2, 0) is 6.42 Å². The van der Waals surface area contributed by atoms with Crippen LogP contribution in [0.2, 0.25) is 5.15 Å². The second-order valence-corrected chi connectivity index (χ2v) is 8.53. The molecule has 0 saturated heterocycles. The largest absolute Gasteiger partial charge is 0.491 e. The Bertz CT molecular complexity index is 895. The Morgan fingerprint density at radius 1 is 1.19 bits per heavy atom. The molecule has 176 valence electrons. The number of nitrogens with two attached hydrogens (primary N) is 2. The molecule has 0 radical (unpaired) electrons. The van der Waals surface area contributed by atoms with Crippen molar-refractivity contribution in [2.75, 3.05) is 58.4 Å². The van der Waals surface area contributed by atoms with Crippen LogP contribution in [0.1, 0.15) is 22.5 Å². The summed E-state index contributed by atoms with van der Waals surface area (Å²) in [6, 6.07) is 7.69. The van der Waals surface area contributed by atoms with E-state index in [4.69, 9.17) is 32.9 Å². The lowest BCUT2D eigenvalue weighted by Crippen LogP contribution is -2.46. The average Bonchev–Trinajstić information content (AvgIpc) is 2.75. The van der Waals surface area contributed by atoms with E-state index in [1.54, 1.807) is 0 Å².